The van der Waals surface area contributed by atoms with E-state index in [9.17, 15) is 9.59 Å². The number of benzene rings is 1. The van der Waals surface area contributed by atoms with E-state index in [0.29, 0.717) is 21.5 Å². The maximum atomic E-state index is 12.0. The number of carbonyl (C=O) groups is 2. The Morgan fingerprint density at radius 3 is 2.79 bits per heavy atom. The minimum Gasteiger partial charge on any atom is -0.399 e. The number of anilines is 2. The largest absolute Gasteiger partial charge is 0.399 e. The summed E-state index contributed by atoms with van der Waals surface area (Å²) in [5.74, 6) is -0.569. The van der Waals surface area contributed by atoms with Crippen molar-refractivity contribution in [2.75, 3.05) is 11.1 Å². The highest BCUT2D eigenvalue weighted by Crippen LogP contribution is 2.22. The third-order valence-corrected chi connectivity index (χ3v) is 3.41. The fraction of sp³-hybridized carbons (Fsp3) is 0.0833. The number of nitrogens with one attached hydrogen (secondary N) is 1. The summed E-state index contributed by atoms with van der Waals surface area (Å²) in [5.41, 5.74) is 6.63. The van der Waals surface area contributed by atoms with Crippen LogP contribution >= 0.6 is 22.9 Å². The number of Topliss-reactive ketones (excluding diaryl/α,β-unsaturated/α-hetero) is 1. The van der Waals surface area contributed by atoms with Crippen LogP contribution in [0.25, 0.3) is 0 Å². The lowest BCUT2D eigenvalue weighted by Gasteiger charge is -2.04. The summed E-state index contributed by atoms with van der Waals surface area (Å²) in [7, 11) is 0. The van der Waals surface area contributed by atoms with E-state index in [1.807, 2.05) is 0 Å². The van der Waals surface area contributed by atoms with E-state index < -0.39 is 5.91 Å². The van der Waals surface area contributed by atoms with Crippen LogP contribution in [-0.4, -0.2) is 16.7 Å². The van der Waals surface area contributed by atoms with Crippen molar-refractivity contribution in [3.8, 4) is 0 Å². The van der Waals surface area contributed by atoms with Gasteiger partial charge in [-0.3, -0.25) is 14.9 Å². The lowest BCUT2D eigenvalue weighted by atomic mass is 10.2. The Morgan fingerprint density at radius 1 is 1.42 bits per heavy atom. The van der Waals surface area contributed by atoms with Crippen molar-refractivity contribution in [2.24, 2.45) is 0 Å². The van der Waals surface area contributed by atoms with E-state index in [-0.39, 0.29) is 11.3 Å². The molecule has 0 atom stereocenters. The summed E-state index contributed by atoms with van der Waals surface area (Å²) in [6, 6.07) is 4.64. The van der Waals surface area contributed by atoms with Gasteiger partial charge in [0.15, 0.2) is 10.9 Å². The molecule has 98 valence electrons. The first-order chi connectivity index (χ1) is 8.97. The molecule has 0 aliphatic rings. The van der Waals surface area contributed by atoms with Crippen molar-refractivity contribution in [3.05, 3.63) is 39.9 Å². The van der Waals surface area contributed by atoms with Crippen LogP contribution in [-0.2, 0) is 0 Å². The Bertz CT molecular complexity index is 654. The highest BCUT2D eigenvalue weighted by Gasteiger charge is 2.13. The second-order valence-corrected chi connectivity index (χ2v) is 5.05. The number of nitrogens with two attached hydrogens (primary N) is 1. The maximum absolute atomic E-state index is 12.0. The number of carbonyl (C=O) groups excluding carboxylic acids is 2. The second-order valence-electron chi connectivity index (χ2n) is 3.79. The quantitative estimate of drug-likeness (QED) is 0.673. The topological polar surface area (TPSA) is 85.1 Å². The fourth-order valence-electron chi connectivity index (χ4n) is 1.37. The van der Waals surface area contributed by atoms with Crippen LogP contribution in [0.1, 0.15) is 27.8 Å². The summed E-state index contributed by atoms with van der Waals surface area (Å²) in [6.07, 6.45) is 0. The van der Waals surface area contributed by atoms with Gasteiger partial charge in [0.2, 0.25) is 0 Å². The molecule has 0 aliphatic heterocycles. The number of hydrogen-bond donors (Lipinski definition) is 2. The highest BCUT2D eigenvalue weighted by molar-refractivity contribution is 7.14. The van der Waals surface area contributed by atoms with E-state index in [2.05, 4.69) is 10.3 Å². The summed E-state index contributed by atoms with van der Waals surface area (Å²) in [4.78, 5) is 27.1. The van der Waals surface area contributed by atoms with Gasteiger partial charge in [-0.1, -0.05) is 11.6 Å². The monoisotopic (exact) mass is 295 g/mol. The zero-order valence-corrected chi connectivity index (χ0v) is 11.5. The number of aromatic nitrogens is 1. The van der Waals surface area contributed by atoms with Crippen LogP contribution in [0.15, 0.2) is 23.6 Å². The lowest BCUT2D eigenvalue weighted by Crippen LogP contribution is -2.13. The maximum Gasteiger partial charge on any atom is 0.259 e. The molecule has 0 saturated carbocycles. The van der Waals surface area contributed by atoms with Gasteiger partial charge in [0.05, 0.1) is 10.6 Å². The Hall–Kier alpha value is -1.92. The van der Waals surface area contributed by atoms with Crippen LogP contribution < -0.4 is 11.1 Å². The predicted octanol–water partition coefficient (Wildman–Crippen LogP) is 2.83. The molecular formula is C12H10ClN3O2S. The minimum atomic E-state index is -0.415. The van der Waals surface area contributed by atoms with Gasteiger partial charge in [0.25, 0.3) is 5.91 Å². The normalized spacial score (nSPS) is 10.2. The molecule has 1 amide bonds. The molecule has 2 aromatic rings. The second kappa shape index (κ2) is 5.38. The van der Waals surface area contributed by atoms with Gasteiger partial charge in [-0.05, 0) is 18.2 Å². The Morgan fingerprint density at radius 2 is 2.16 bits per heavy atom. The zero-order chi connectivity index (χ0) is 14.0. The number of halogens is 1. The Balaban J connectivity index is 2.20. The van der Waals surface area contributed by atoms with Gasteiger partial charge >= 0.3 is 0 Å². The molecule has 7 heteroatoms. The smallest absolute Gasteiger partial charge is 0.259 e. The van der Waals surface area contributed by atoms with Crippen molar-refractivity contribution in [3.63, 3.8) is 0 Å². The number of amides is 1. The van der Waals surface area contributed by atoms with Crippen LogP contribution in [0.3, 0.4) is 0 Å². The standard InChI is InChI=1S/C12H10ClN3O2S/c1-6(17)10-5-19-12(15-10)16-11(18)8-4-7(14)2-3-9(8)13/h2-5H,14H2,1H3,(H,15,16,18). The van der Waals surface area contributed by atoms with E-state index in [0.717, 1.165) is 0 Å². The number of nitrogens with zero attached hydrogens (tertiary/aromatic N) is 1. The minimum absolute atomic E-state index is 0.154. The molecule has 3 N–H and O–H groups in total. The number of nitrogen functional groups attached to an aromatic ring is 1. The van der Waals surface area contributed by atoms with Crippen LogP contribution in [0, 0.1) is 0 Å². The number of thiazole rings is 1. The fourth-order valence-corrected chi connectivity index (χ4v) is 2.32. The third-order valence-electron chi connectivity index (χ3n) is 2.32. The molecule has 0 bridgehead atoms. The van der Waals surface area contributed by atoms with Crippen LogP contribution in [0.5, 0.6) is 0 Å². The Labute approximate surface area is 118 Å². The molecule has 1 aromatic carbocycles. The van der Waals surface area contributed by atoms with Gasteiger partial charge in [-0.2, -0.15) is 0 Å². The molecule has 0 fully saturated rings. The average Bonchev–Trinajstić information content (AvgIpc) is 2.80. The molecule has 19 heavy (non-hydrogen) atoms. The first-order valence-electron chi connectivity index (χ1n) is 5.30. The highest BCUT2D eigenvalue weighted by atomic mass is 35.5. The molecule has 0 radical (unpaired) electrons. The number of hydrogen-bond acceptors (Lipinski definition) is 5. The van der Waals surface area contributed by atoms with Gasteiger partial charge < -0.3 is 5.73 Å². The Kier molecular flexibility index (Phi) is 3.82. The first-order valence-corrected chi connectivity index (χ1v) is 6.56. The van der Waals surface area contributed by atoms with Crippen molar-refractivity contribution in [1.82, 2.24) is 4.98 Å². The number of ketones is 1. The molecule has 2 rings (SSSR count). The third kappa shape index (κ3) is 3.10. The van der Waals surface area contributed by atoms with Crippen molar-refractivity contribution < 1.29 is 9.59 Å². The van der Waals surface area contributed by atoms with E-state index in [4.69, 9.17) is 17.3 Å². The first kappa shape index (κ1) is 13.5. The van der Waals surface area contributed by atoms with Crippen molar-refractivity contribution in [2.45, 2.75) is 6.92 Å². The van der Waals surface area contributed by atoms with E-state index >= 15 is 0 Å². The molecule has 1 heterocycles. The van der Waals surface area contributed by atoms with E-state index in [1.165, 1.54) is 24.3 Å². The van der Waals surface area contributed by atoms with Gasteiger partial charge in [0, 0.05) is 18.0 Å². The lowest BCUT2D eigenvalue weighted by molar-refractivity contribution is 0.100. The molecule has 0 unspecified atom stereocenters. The molecule has 0 saturated heterocycles. The molecular weight excluding hydrogens is 286 g/mol. The summed E-state index contributed by atoms with van der Waals surface area (Å²) in [6.45, 7) is 1.41. The summed E-state index contributed by atoms with van der Waals surface area (Å²) in [5, 5.41) is 4.80. The molecule has 1 aromatic heterocycles. The predicted molar refractivity (Wildman–Crippen MR) is 75.9 cm³/mol. The van der Waals surface area contributed by atoms with Gasteiger partial charge in [-0.15, -0.1) is 11.3 Å². The number of rotatable bonds is 3. The van der Waals surface area contributed by atoms with Crippen molar-refractivity contribution in [1.29, 1.82) is 0 Å². The summed E-state index contributed by atoms with van der Waals surface area (Å²) < 4.78 is 0. The van der Waals surface area contributed by atoms with Gasteiger partial charge in [0.1, 0.15) is 5.69 Å². The summed E-state index contributed by atoms with van der Waals surface area (Å²) >= 11 is 7.10. The zero-order valence-electron chi connectivity index (χ0n) is 9.94. The SMILES string of the molecule is CC(=O)c1csc(NC(=O)c2cc(N)ccc2Cl)n1. The van der Waals surface area contributed by atoms with Crippen LogP contribution in [0.2, 0.25) is 5.02 Å². The molecule has 5 nitrogen and oxygen atoms in total. The van der Waals surface area contributed by atoms with Crippen molar-refractivity contribution >= 4 is 45.4 Å². The van der Waals surface area contributed by atoms with E-state index in [1.54, 1.807) is 17.5 Å². The molecule has 0 spiro atoms. The van der Waals surface area contributed by atoms with Crippen LogP contribution in [0.4, 0.5) is 10.8 Å². The molecule has 0 aliphatic carbocycles. The van der Waals surface area contributed by atoms with Gasteiger partial charge in [-0.25, -0.2) is 4.98 Å². The average molecular weight is 296 g/mol.